The molecule has 3 N–H and O–H groups in total. The van der Waals surface area contributed by atoms with Gasteiger partial charge >= 0.3 is 0 Å². The van der Waals surface area contributed by atoms with Crippen molar-refractivity contribution >= 4 is 28.6 Å². The van der Waals surface area contributed by atoms with Gasteiger partial charge in [0.1, 0.15) is 10.7 Å². The van der Waals surface area contributed by atoms with Crippen LogP contribution in [0.25, 0.3) is 0 Å². The van der Waals surface area contributed by atoms with E-state index in [1.165, 1.54) is 13.2 Å². The van der Waals surface area contributed by atoms with Crippen LogP contribution in [-0.2, 0) is 0 Å². The largest absolute Gasteiger partial charge is 0.494 e. The van der Waals surface area contributed by atoms with Crippen LogP contribution >= 0.6 is 12.2 Å². The molecule has 98 valence electrons. The molecule has 0 saturated heterocycles. The van der Waals surface area contributed by atoms with Gasteiger partial charge in [-0.3, -0.25) is 4.98 Å². The molecule has 0 bridgehead atoms. The molecule has 4 nitrogen and oxygen atoms in total. The van der Waals surface area contributed by atoms with Gasteiger partial charge in [-0.25, -0.2) is 4.39 Å². The number of ether oxygens (including phenoxy) is 1. The normalized spacial score (nSPS) is 10.0. The summed E-state index contributed by atoms with van der Waals surface area (Å²) >= 11 is 4.93. The van der Waals surface area contributed by atoms with E-state index in [1.807, 2.05) is 0 Å². The minimum Gasteiger partial charge on any atom is -0.494 e. The summed E-state index contributed by atoms with van der Waals surface area (Å²) < 4.78 is 18.2. The summed E-state index contributed by atoms with van der Waals surface area (Å²) in [6.45, 7) is 0. The lowest BCUT2D eigenvalue weighted by atomic mass is 10.2. The summed E-state index contributed by atoms with van der Waals surface area (Å²) in [6.07, 6.45) is 1.60. The molecule has 1 aromatic carbocycles. The third-order valence-electron chi connectivity index (χ3n) is 2.47. The molecule has 0 radical (unpaired) electrons. The summed E-state index contributed by atoms with van der Waals surface area (Å²) in [6, 6.07) is 8.00. The van der Waals surface area contributed by atoms with Crippen molar-refractivity contribution in [3.8, 4) is 5.75 Å². The Balaban J connectivity index is 2.34. The van der Waals surface area contributed by atoms with Crippen LogP contribution in [-0.4, -0.2) is 17.1 Å². The van der Waals surface area contributed by atoms with E-state index >= 15 is 0 Å². The minimum atomic E-state index is -0.422. The van der Waals surface area contributed by atoms with Crippen molar-refractivity contribution in [2.75, 3.05) is 12.4 Å². The van der Waals surface area contributed by atoms with E-state index in [0.717, 1.165) is 0 Å². The lowest BCUT2D eigenvalue weighted by molar-refractivity contribution is 0.387. The SMILES string of the molecule is COc1cc(Nc2cccnc2C(N)=S)ccc1F. The molecule has 2 rings (SSSR count). The highest BCUT2D eigenvalue weighted by Crippen LogP contribution is 2.25. The number of nitrogens with one attached hydrogen (secondary N) is 1. The number of pyridine rings is 1. The van der Waals surface area contributed by atoms with E-state index < -0.39 is 5.82 Å². The molecule has 1 aromatic heterocycles. The average molecular weight is 277 g/mol. The van der Waals surface area contributed by atoms with Gasteiger partial charge in [0.25, 0.3) is 0 Å². The molecule has 0 aliphatic rings. The maximum atomic E-state index is 13.3. The van der Waals surface area contributed by atoms with Crippen LogP contribution in [0, 0.1) is 5.82 Å². The highest BCUT2D eigenvalue weighted by molar-refractivity contribution is 7.80. The van der Waals surface area contributed by atoms with Crippen LogP contribution in [0.1, 0.15) is 5.69 Å². The number of thiocarbonyl (C=S) groups is 1. The number of hydrogen-bond acceptors (Lipinski definition) is 4. The van der Waals surface area contributed by atoms with Crippen molar-refractivity contribution in [2.45, 2.75) is 0 Å². The van der Waals surface area contributed by atoms with Gasteiger partial charge < -0.3 is 15.8 Å². The van der Waals surface area contributed by atoms with Crippen LogP contribution in [0.5, 0.6) is 5.75 Å². The number of aromatic nitrogens is 1. The minimum absolute atomic E-state index is 0.158. The molecular formula is C13H12FN3OS. The van der Waals surface area contributed by atoms with Gasteiger partial charge in [-0.1, -0.05) is 12.2 Å². The Morgan fingerprint density at radius 2 is 2.21 bits per heavy atom. The van der Waals surface area contributed by atoms with E-state index in [0.29, 0.717) is 17.1 Å². The predicted octanol–water partition coefficient (Wildman–Crippen LogP) is 2.61. The molecular weight excluding hydrogens is 265 g/mol. The Labute approximate surface area is 115 Å². The first-order chi connectivity index (χ1) is 9.11. The number of hydrogen-bond donors (Lipinski definition) is 2. The zero-order chi connectivity index (χ0) is 13.8. The van der Waals surface area contributed by atoms with E-state index in [1.54, 1.807) is 30.5 Å². The van der Waals surface area contributed by atoms with Crippen molar-refractivity contribution < 1.29 is 9.13 Å². The molecule has 2 aromatic rings. The Morgan fingerprint density at radius 1 is 1.42 bits per heavy atom. The van der Waals surface area contributed by atoms with E-state index in [4.69, 9.17) is 22.7 Å². The number of nitrogens with two attached hydrogens (primary N) is 1. The number of anilines is 2. The van der Waals surface area contributed by atoms with Gasteiger partial charge in [0, 0.05) is 18.0 Å². The maximum Gasteiger partial charge on any atom is 0.165 e. The van der Waals surface area contributed by atoms with E-state index in [9.17, 15) is 4.39 Å². The first-order valence-corrected chi connectivity index (χ1v) is 5.88. The zero-order valence-corrected chi connectivity index (χ0v) is 11.0. The van der Waals surface area contributed by atoms with Crippen molar-refractivity contribution in [3.05, 3.63) is 48.0 Å². The average Bonchev–Trinajstić information content (AvgIpc) is 2.41. The second kappa shape index (κ2) is 5.62. The van der Waals surface area contributed by atoms with E-state index in [-0.39, 0.29) is 10.7 Å². The molecule has 19 heavy (non-hydrogen) atoms. The summed E-state index contributed by atoms with van der Waals surface area (Å²) in [7, 11) is 1.41. The van der Waals surface area contributed by atoms with E-state index in [2.05, 4.69) is 10.3 Å². The summed E-state index contributed by atoms with van der Waals surface area (Å²) in [5, 5.41) is 3.08. The Morgan fingerprint density at radius 3 is 2.89 bits per heavy atom. The molecule has 0 saturated carbocycles. The second-order valence-corrected chi connectivity index (χ2v) is 4.18. The highest BCUT2D eigenvalue weighted by atomic mass is 32.1. The van der Waals surface area contributed by atoms with Crippen LogP contribution in [0.3, 0.4) is 0 Å². The van der Waals surface area contributed by atoms with Gasteiger partial charge in [0.15, 0.2) is 11.6 Å². The third kappa shape index (κ3) is 2.97. The molecule has 6 heteroatoms. The van der Waals surface area contributed by atoms with Crippen LogP contribution in [0.2, 0.25) is 0 Å². The van der Waals surface area contributed by atoms with Gasteiger partial charge in [-0.2, -0.15) is 0 Å². The molecule has 0 atom stereocenters. The molecule has 0 spiro atoms. The first kappa shape index (κ1) is 13.2. The summed E-state index contributed by atoms with van der Waals surface area (Å²) in [5.41, 5.74) is 7.39. The Kier molecular flexibility index (Phi) is 3.91. The molecule has 1 heterocycles. The maximum absolute atomic E-state index is 13.3. The zero-order valence-electron chi connectivity index (χ0n) is 10.2. The van der Waals surface area contributed by atoms with Gasteiger partial charge in [0.05, 0.1) is 12.8 Å². The molecule has 0 fully saturated rings. The molecule has 0 amide bonds. The highest BCUT2D eigenvalue weighted by Gasteiger charge is 2.08. The second-order valence-electron chi connectivity index (χ2n) is 3.74. The fourth-order valence-electron chi connectivity index (χ4n) is 1.60. The first-order valence-electron chi connectivity index (χ1n) is 5.47. The number of halogens is 1. The van der Waals surface area contributed by atoms with Crippen molar-refractivity contribution in [3.63, 3.8) is 0 Å². The number of methoxy groups -OCH3 is 1. The monoisotopic (exact) mass is 277 g/mol. The summed E-state index contributed by atoms with van der Waals surface area (Å²) in [4.78, 5) is 4.29. The fourth-order valence-corrected chi connectivity index (χ4v) is 1.76. The van der Waals surface area contributed by atoms with Crippen molar-refractivity contribution in [1.82, 2.24) is 4.98 Å². The van der Waals surface area contributed by atoms with Crippen molar-refractivity contribution in [1.29, 1.82) is 0 Å². The van der Waals surface area contributed by atoms with Crippen LogP contribution < -0.4 is 15.8 Å². The summed E-state index contributed by atoms with van der Waals surface area (Å²) in [5.74, 6) is -0.264. The standard InChI is InChI=1S/C13H12FN3OS/c1-18-11-7-8(4-5-9(11)14)17-10-3-2-6-16-12(10)13(15)19/h2-7,17H,1H3,(H2,15,19). The lowest BCUT2D eigenvalue weighted by Gasteiger charge is -2.11. The van der Waals surface area contributed by atoms with Gasteiger partial charge in [-0.15, -0.1) is 0 Å². The van der Waals surface area contributed by atoms with Gasteiger partial charge in [-0.05, 0) is 24.3 Å². The predicted molar refractivity (Wildman–Crippen MR) is 76.4 cm³/mol. The van der Waals surface area contributed by atoms with Crippen molar-refractivity contribution in [2.24, 2.45) is 5.73 Å². The van der Waals surface area contributed by atoms with Crippen LogP contribution in [0.4, 0.5) is 15.8 Å². The Bertz CT molecular complexity index is 619. The van der Waals surface area contributed by atoms with Crippen LogP contribution in [0.15, 0.2) is 36.5 Å². The smallest absolute Gasteiger partial charge is 0.165 e. The number of rotatable bonds is 4. The number of benzene rings is 1. The number of nitrogens with zero attached hydrogens (tertiary/aromatic N) is 1. The molecule has 0 aliphatic heterocycles. The van der Waals surface area contributed by atoms with Gasteiger partial charge in [0.2, 0.25) is 0 Å². The third-order valence-corrected chi connectivity index (χ3v) is 2.66. The quantitative estimate of drug-likeness (QED) is 0.841. The lowest BCUT2D eigenvalue weighted by Crippen LogP contribution is -2.13. The molecule has 0 aliphatic carbocycles. The Hall–Kier alpha value is -2.21. The topological polar surface area (TPSA) is 60.2 Å². The fraction of sp³-hybridized carbons (Fsp3) is 0.0769. The molecule has 0 unspecified atom stereocenters.